The molecule has 3 aromatic carbocycles. The van der Waals surface area contributed by atoms with Gasteiger partial charge in [0.1, 0.15) is 11.5 Å². The maximum Gasteiger partial charge on any atom is 0.343 e. The minimum atomic E-state index is -0.481. The first kappa shape index (κ1) is 36.0. The molecule has 0 aliphatic heterocycles. The van der Waals surface area contributed by atoms with Crippen LogP contribution in [-0.4, -0.2) is 17.0 Å². The van der Waals surface area contributed by atoms with Crippen molar-refractivity contribution in [1.82, 2.24) is 0 Å². The van der Waals surface area contributed by atoms with Gasteiger partial charge in [0.25, 0.3) is 5.69 Å². The normalized spacial score (nSPS) is 16.8. The summed E-state index contributed by atoms with van der Waals surface area (Å²) in [6.07, 6.45) is 18.5. The van der Waals surface area contributed by atoms with Gasteiger partial charge < -0.3 is 15.2 Å². The summed E-state index contributed by atoms with van der Waals surface area (Å²) in [6, 6.07) is 17.4. The molecule has 1 saturated carbocycles. The highest BCUT2D eigenvalue weighted by Gasteiger charge is 2.22. The number of esters is 1. The van der Waals surface area contributed by atoms with Gasteiger partial charge in [-0.25, -0.2) is 4.79 Å². The molecule has 0 aromatic heterocycles. The molecule has 7 nitrogen and oxygen atoms in total. The first-order chi connectivity index (χ1) is 22.8. The van der Waals surface area contributed by atoms with Crippen molar-refractivity contribution in [2.24, 2.45) is 11.8 Å². The number of nitrogen functional groups attached to an aromatic ring is 1. The molecule has 0 unspecified atom stereocenters. The Morgan fingerprint density at radius 2 is 1.51 bits per heavy atom. The summed E-state index contributed by atoms with van der Waals surface area (Å²) in [7, 11) is 0. The summed E-state index contributed by atoms with van der Waals surface area (Å²) < 4.78 is 11.6. The Balaban J connectivity index is 1.30. The Labute approximate surface area is 281 Å². The maximum atomic E-state index is 12.9. The van der Waals surface area contributed by atoms with Crippen LogP contribution in [0.5, 0.6) is 11.5 Å². The maximum absolute atomic E-state index is 12.9. The van der Waals surface area contributed by atoms with Crippen LogP contribution in [0.1, 0.15) is 127 Å². The van der Waals surface area contributed by atoms with E-state index in [0.29, 0.717) is 33.9 Å². The number of nitro benzene ring substituents is 1. The van der Waals surface area contributed by atoms with Gasteiger partial charge in [0.15, 0.2) is 0 Å². The van der Waals surface area contributed by atoms with Crippen LogP contribution in [0.3, 0.4) is 0 Å². The zero-order valence-corrected chi connectivity index (χ0v) is 28.7. The number of hydrogen-bond acceptors (Lipinski definition) is 6. The van der Waals surface area contributed by atoms with E-state index in [-0.39, 0.29) is 11.8 Å². The Bertz CT molecular complexity index is 1410. The van der Waals surface area contributed by atoms with Crippen molar-refractivity contribution in [2.45, 2.75) is 123 Å². The summed E-state index contributed by atoms with van der Waals surface area (Å²) >= 11 is 0. The molecule has 0 heterocycles. The van der Waals surface area contributed by atoms with E-state index < -0.39 is 10.9 Å². The predicted octanol–water partition coefficient (Wildman–Crippen LogP) is 11.1. The van der Waals surface area contributed by atoms with Crippen molar-refractivity contribution in [2.75, 3.05) is 5.73 Å². The average molecular weight is 643 g/mol. The van der Waals surface area contributed by atoms with Crippen LogP contribution in [-0.2, 0) is 6.42 Å². The fourth-order valence-electron chi connectivity index (χ4n) is 6.74. The van der Waals surface area contributed by atoms with Crippen molar-refractivity contribution in [3.63, 3.8) is 0 Å². The van der Waals surface area contributed by atoms with Crippen LogP contribution in [0.25, 0.3) is 11.1 Å². The lowest BCUT2D eigenvalue weighted by Crippen LogP contribution is -2.15. The van der Waals surface area contributed by atoms with Crippen LogP contribution >= 0.6 is 0 Å². The number of nitro groups is 1. The number of benzene rings is 3. The number of aryl methyl sites for hydroxylation is 1. The van der Waals surface area contributed by atoms with Crippen LogP contribution in [0.2, 0.25) is 0 Å². The highest BCUT2D eigenvalue weighted by Crippen LogP contribution is 2.38. The highest BCUT2D eigenvalue weighted by atomic mass is 16.6. The molecule has 0 saturated heterocycles. The summed E-state index contributed by atoms with van der Waals surface area (Å²) in [6.45, 7) is 6.40. The van der Waals surface area contributed by atoms with Crippen molar-refractivity contribution in [3.8, 4) is 22.6 Å². The minimum Gasteiger partial charge on any atom is -0.488 e. The lowest BCUT2D eigenvalue weighted by atomic mass is 9.78. The molecule has 7 heteroatoms. The smallest absolute Gasteiger partial charge is 0.343 e. The van der Waals surface area contributed by atoms with E-state index >= 15 is 0 Å². The van der Waals surface area contributed by atoms with Gasteiger partial charge in [0.05, 0.1) is 33.9 Å². The van der Waals surface area contributed by atoms with Gasteiger partial charge in [-0.05, 0) is 85.9 Å². The van der Waals surface area contributed by atoms with Crippen molar-refractivity contribution in [3.05, 3.63) is 81.9 Å². The molecular formula is C40H54N2O5. The molecule has 3 aromatic rings. The lowest BCUT2D eigenvalue weighted by Gasteiger charge is -2.28. The highest BCUT2D eigenvalue weighted by molar-refractivity contribution is 5.92. The first-order valence-electron chi connectivity index (χ1n) is 17.9. The Hall–Kier alpha value is -3.87. The number of rotatable bonds is 18. The Kier molecular flexibility index (Phi) is 14.1. The van der Waals surface area contributed by atoms with E-state index in [1.165, 1.54) is 75.8 Å². The third kappa shape index (κ3) is 11.1. The predicted molar refractivity (Wildman–Crippen MR) is 191 cm³/mol. The van der Waals surface area contributed by atoms with E-state index in [9.17, 15) is 14.9 Å². The second-order valence-electron chi connectivity index (χ2n) is 13.5. The van der Waals surface area contributed by atoms with Crippen molar-refractivity contribution in [1.29, 1.82) is 0 Å². The standard InChI is InChI=1S/C40H54N2O5/c1-4-6-8-10-11-29(3)46-39-28-38(42(44)45)36(27-37(39)41)33-21-23-34(24-22-33)40(43)47-35-25-19-32(20-26-35)18-17-31-15-13-30(14-16-31)12-9-7-5-2/h19-31H,4-18,41H2,1-3H3/t29-,30?,31?/m1/s1. The molecule has 0 spiro atoms. The lowest BCUT2D eigenvalue weighted by molar-refractivity contribution is -0.384. The number of nitrogens with zero attached hydrogens (tertiary/aromatic N) is 1. The first-order valence-corrected chi connectivity index (χ1v) is 17.9. The Morgan fingerprint density at radius 3 is 2.15 bits per heavy atom. The molecule has 1 aliphatic carbocycles. The zero-order valence-electron chi connectivity index (χ0n) is 28.7. The molecule has 1 aliphatic rings. The van der Waals surface area contributed by atoms with Crippen LogP contribution < -0.4 is 15.2 Å². The molecule has 1 fully saturated rings. The van der Waals surface area contributed by atoms with Gasteiger partial charge in [0.2, 0.25) is 0 Å². The molecule has 0 radical (unpaired) electrons. The molecular weight excluding hydrogens is 588 g/mol. The summed E-state index contributed by atoms with van der Waals surface area (Å²) in [5.74, 6) is 2.08. The second kappa shape index (κ2) is 18.5. The minimum absolute atomic E-state index is 0.0992. The monoisotopic (exact) mass is 642 g/mol. The van der Waals surface area contributed by atoms with Gasteiger partial charge in [-0.2, -0.15) is 0 Å². The summed E-state index contributed by atoms with van der Waals surface area (Å²) in [5, 5.41) is 12.0. The third-order valence-corrected chi connectivity index (χ3v) is 9.71. The molecule has 47 heavy (non-hydrogen) atoms. The van der Waals surface area contributed by atoms with Gasteiger partial charge >= 0.3 is 5.97 Å². The number of anilines is 1. The van der Waals surface area contributed by atoms with E-state index in [0.717, 1.165) is 43.9 Å². The molecule has 1 atom stereocenters. The third-order valence-electron chi connectivity index (χ3n) is 9.71. The van der Waals surface area contributed by atoms with E-state index in [1.54, 1.807) is 30.3 Å². The van der Waals surface area contributed by atoms with E-state index in [2.05, 4.69) is 13.8 Å². The molecule has 0 bridgehead atoms. The molecule has 2 N–H and O–H groups in total. The zero-order chi connectivity index (χ0) is 33.6. The van der Waals surface area contributed by atoms with Crippen LogP contribution in [0.15, 0.2) is 60.7 Å². The fraction of sp³-hybridized carbons (Fsp3) is 0.525. The number of ether oxygens (including phenoxy) is 2. The fourth-order valence-corrected chi connectivity index (χ4v) is 6.74. The van der Waals surface area contributed by atoms with Crippen molar-refractivity contribution >= 4 is 17.3 Å². The summed E-state index contributed by atoms with van der Waals surface area (Å²) in [5.41, 5.74) is 9.09. The second-order valence-corrected chi connectivity index (χ2v) is 13.5. The number of nitrogens with two attached hydrogens (primary N) is 1. The van der Waals surface area contributed by atoms with E-state index in [4.69, 9.17) is 15.2 Å². The molecule has 0 amide bonds. The SMILES string of the molecule is CCCCCC[C@@H](C)Oc1cc([N+](=O)[O-])c(-c2ccc(C(=O)Oc3ccc(CCC4CCC(CCCCC)CC4)cc3)cc2)cc1N. The van der Waals surface area contributed by atoms with Gasteiger partial charge in [-0.15, -0.1) is 0 Å². The number of hydrogen-bond donors (Lipinski definition) is 1. The summed E-state index contributed by atoms with van der Waals surface area (Å²) in [4.78, 5) is 24.5. The topological polar surface area (TPSA) is 105 Å². The number of unbranched alkanes of at least 4 members (excludes halogenated alkanes) is 5. The molecule has 254 valence electrons. The van der Waals surface area contributed by atoms with Crippen LogP contribution in [0.4, 0.5) is 11.4 Å². The quantitative estimate of drug-likeness (QED) is 0.0370. The number of carbonyl (C=O) groups is 1. The van der Waals surface area contributed by atoms with Crippen molar-refractivity contribution < 1.29 is 19.2 Å². The van der Waals surface area contributed by atoms with Crippen LogP contribution in [0, 0.1) is 22.0 Å². The van der Waals surface area contributed by atoms with Gasteiger partial charge in [0, 0.05) is 0 Å². The van der Waals surface area contributed by atoms with Gasteiger partial charge in [-0.3, -0.25) is 10.1 Å². The average Bonchev–Trinajstić information content (AvgIpc) is 3.08. The van der Waals surface area contributed by atoms with Gasteiger partial charge in [-0.1, -0.05) is 109 Å². The van der Waals surface area contributed by atoms with E-state index in [1.807, 2.05) is 31.2 Å². The largest absolute Gasteiger partial charge is 0.488 e. The Morgan fingerprint density at radius 1 is 0.872 bits per heavy atom. The molecule has 4 rings (SSSR count). The number of carbonyl (C=O) groups excluding carboxylic acids is 1.